The number of aromatic nitrogens is 1. The molecule has 0 aliphatic carbocycles. The average molecular weight is 245 g/mol. The summed E-state index contributed by atoms with van der Waals surface area (Å²) in [6.45, 7) is 2.74. The number of aromatic amines is 1. The van der Waals surface area contributed by atoms with Gasteiger partial charge in [0.05, 0.1) is 18.3 Å². The Hall–Kier alpha value is -1.32. The summed E-state index contributed by atoms with van der Waals surface area (Å²) in [5.74, 6) is 0. The van der Waals surface area contributed by atoms with E-state index in [1.807, 2.05) is 30.5 Å². The molecular formula is C15H19NO2. The molecule has 0 amide bonds. The summed E-state index contributed by atoms with van der Waals surface area (Å²) in [6, 6.07) is 8.12. The van der Waals surface area contributed by atoms with E-state index in [0.29, 0.717) is 19.4 Å². The van der Waals surface area contributed by atoms with Gasteiger partial charge in [-0.1, -0.05) is 19.1 Å². The highest BCUT2D eigenvalue weighted by atomic mass is 16.5. The first-order valence-corrected chi connectivity index (χ1v) is 6.63. The highest BCUT2D eigenvalue weighted by molar-refractivity contribution is 5.83. The van der Waals surface area contributed by atoms with E-state index in [1.54, 1.807) is 0 Å². The Morgan fingerprint density at radius 2 is 2.33 bits per heavy atom. The molecule has 1 fully saturated rings. The summed E-state index contributed by atoms with van der Waals surface area (Å²) in [5.41, 5.74) is 1.36. The number of rotatable bonds is 2. The van der Waals surface area contributed by atoms with Gasteiger partial charge in [0.2, 0.25) is 0 Å². The molecule has 96 valence electrons. The van der Waals surface area contributed by atoms with E-state index < -0.39 is 5.60 Å². The molecule has 1 aliphatic rings. The van der Waals surface area contributed by atoms with Crippen LogP contribution in [0, 0.1) is 0 Å². The van der Waals surface area contributed by atoms with Gasteiger partial charge in [0.15, 0.2) is 0 Å². The maximum Gasteiger partial charge on any atom is 0.0949 e. The largest absolute Gasteiger partial charge is 0.385 e. The zero-order valence-electron chi connectivity index (χ0n) is 10.6. The Morgan fingerprint density at radius 1 is 1.44 bits per heavy atom. The maximum atomic E-state index is 11.0. The second-order valence-corrected chi connectivity index (χ2v) is 5.13. The molecule has 3 rings (SSSR count). The summed E-state index contributed by atoms with van der Waals surface area (Å²) in [5, 5.41) is 12.1. The Balaban J connectivity index is 2.04. The molecular weight excluding hydrogens is 226 g/mol. The monoisotopic (exact) mass is 245 g/mol. The van der Waals surface area contributed by atoms with Gasteiger partial charge in [-0.25, -0.2) is 0 Å². The van der Waals surface area contributed by atoms with Crippen LogP contribution in [0.15, 0.2) is 30.5 Å². The molecule has 1 aliphatic heterocycles. The van der Waals surface area contributed by atoms with Crippen LogP contribution in [0.4, 0.5) is 0 Å². The van der Waals surface area contributed by atoms with Crippen molar-refractivity contribution in [2.45, 2.75) is 37.9 Å². The van der Waals surface area contributed by atoms with E-state index >= 15 is 0 Å². The van der Waals surface area contributed by atoms with E-state index in [2.05, 4.69) is 11.9 Å². The average Bonchev–Trinajstić information content (AvgIpc) is 2.86. The van der Waals surface area contributed by atoms with Gasteiger partial charge in [-0.2, -0.15) is 0 Å². The predicted molar refractivity (Wildman–Crippen MR) is 71.5 cm³/mol. The van der Waals surface area contributed by atoms with Crippen molar-refractivity contribution in [2.24, 2.45) is 0 Å². The lowest BCUT2D eigenvalue weighted by Crippen LogP contribution is -2.38. The summed E-state index contributed by atoms with van der Waals surface area (Å²) in [7, 11) is 0. The number of ether oxygens (including phenoxy) is 1. The normalized spacial score (nSPS) is 28.7. The standard InChI is InChI=1S/C15H19NO2/c1-2-11-10-15(17,7-9-18-11)13-4-3-5-14-12(13)6-8-16-14/h3-6,8,11,16-17H,2,7,9-10H2,1H3. The van der Waals surface area contributed by atoms with Crippen molar-refractivity contribution < 1.29 is 9.84 Å². The Morgan fingerprint density at radius 3 is 3.17 bits per heavy atom. The first-order valence-electron chi connectivity index (χ1n) is 6.63. The van der Waals surface area contributed by atoms with E-state index in [9.17, 15) is 5.11 Å². The van der Waals surface area contributed by atoms with Crippen molar-refractivity contribution in [1.29, 1.82) is 0 Å². The Bertz CT molecular complexity index is 548. The molecule has 2 unspecified atom stereocenters. The summed E-state index contributed by atoms with van der Waals surface area (Å²) >= 11 is 0. The number of H-pyrrole nitrogens is 1. The van der Waals surface area contributed by atoms with Crippen LogP contribution in [0.2, 0.25) is 0 Å². The van der Waals surface area contributed by atoms with Crippen LogP contribution in [0.5, 0.6) is 0 Å². The number of nitrogens with one attached hydrogen (secondary N) is 1. The molecule has 1 saturated heterocycles. The van der Waals surface area contributed by atoms with Crippen molar-refractivity contribution in [3.63, 3.8) is 0 Å². The molecule has 18 heavy (non-hydrogen) atoms. The van der Waals surface area contributed by atoms with Gasteiger partial charge < -0.3 is 14.8 Å². The Kier molecular flexibility index (Phi) is 2.88. The van der Waals surface area contributed by atoms with Crippen LogP contribution >= 0.6 is 0 Å². The molecule has 1 aromatic carbocycles. The third-order valence-corrected chi connectivity index (χ3v) is 3.99. The molecule has 3 heteroatoms. The smallest absolute Gasteiger partial charge is 0.0949 e. The topological polar surface area (TPSA) is 45.2 Å². The van der Waals surface area contributed by atoms with Gasteiger partial charge in [0, 0.05) is 29.9 Å². The van der Waals surface area contributed by atoms with E-state index in [0.717, 1.165) is 22.9 Å². The second kappa shape index (κ2) is 4.41. The lowest BCUT2D eigenvalue weighted by molar-refractivity contribution is -0.107. The number of benzene rings is 1. The summed E-state index contributed by atoms with van der Waals surface area (Å²) < 4.78 is 5.67. The minimum Gasteiger partial charge on any atom is -0.385 e. The van der Waals surface area contributed by atoms with Crippen LogP contribution < -0.4 is 0 Å². The molecule has 2 heterocycles. The zero-order chi connectivity index (χ0) is 12.6. The molecule has 2 atom stereocenters. The lowest BCUT2D eigenvalue weighted by atomic mass is 9.81. The van der Waals surface area contributed by atoms with E-state index in [-0.39, 0.29) is 6.10 Å². The Labute approximate surface area is 107 Å². The van der Waals surface area contributed by atoms with Gasteiger partial charge in [-0.05, 0) is 24.1 Å². The van der Waals surface area contributed by atoms with Gasteiger partial charge in [0.1, 0.15) is 0 Å². The fraction of sp³-hybridized carbons (Fsp3) is 0.467. The lowest BCUT2D eigenvalue weighted by Gasteiger charge is -2.37. The highest BCUT2D eigenvalue weighted by Gasteiger charge is 2.37. The van der Waals surface area contributed by atoms with E-state index in [1.165, 1.54) is 0 Å². The maximum absolute atomic E-state index is 11.0. The molecule has 2 aromatic rings. The van der Waals surface area contributed by atoms with Crippen molar-refractivity contribution >= 4 is 10.9 Å². The highest BCUT2D eigenvalue weighted by Crippen LogP contribution is 2.38. The fourth-order valence-corrected chi connectivity index (χ4v) is 2.93. The van der Waals surface area contributed by atoms with Gasteiger partial charge in [-0.3, -0.25) is 0 Å². The van der Waals surface area contributed by atoms with Crippen molar-refractivity contribution in [3.8, 4) is 0 Å². The summed E-state index contributed by atoms with van der Waals surface area (Å²) in [4.78, 5) is 3.20. The fourth-order valence-electron chi connectivity index (χ4n) is 2.93. The molecule has 3 nitrogen and oxygen atoms in total. The van der Waals surface area contributed by atoms with Crippen LogP contribution in [-0.2, 0) is 10.3 Å². The molecule has 1 aromatic heterocycles. The van der Waals surface area contributed by atoms with Gasteiger partial charge >= 0.3 is 0 Å². The first kappa shape index (κ1) is 11.8. The number of hydrogen-bond acceptors (Lipinski definition) is 2. The van der Waals surface area contributed by atoms with Crippen LogP contribution in [0.1, 0.15) is 31.7 Å². The third-order valence-electron chi connectivity index (χ3n) is 3.99. The number of hydrogen-bond donors (Lipinski definition) is 2. The SMILES string of the molecule is CCC1CC(O)(c2cccc3[nH]ccc23)CCO1. The van der Waals surface area contributed by atoms with Crippen molar-refractivity contribution in [1.82, 2.24) is 4.98 Å². The van der Waals surface area contributed by atoms with Gasteiger partial charge in [-0.15, -0.1) is 0 Å². The first-order chi connectivity index (χ1) is 8.73. The molecule has 0 radical (unpaired) electrons. The molecule has 0 saturated carbocycles. The van der Waals surface area contributed by atoms with Crippen LogP contribution in [0.3, 0.4) is 0 Å². The van der Waals surface area contributed by atoms with Gasteiger partial charge in [0.25, 0.3) is 0 Å². The molecule has 0 spiro atoms. The second-order valence-electron chi connectivity index (χ2n) is 5.13. The van der Waals surface area contributed by atoms with Crippen LogP contribution in [-0.4, -0.2) is 22.8 Å². The third kappa shape index (κ3) is 1.84. The molecule has 0 bridgehead atoms. The number of fused-ring (bicyclic) bond motifs is 1. The summed E-state index contributed by atoms with van der Waals surface area (Å²) in [6.07, 6.45) is 4.40. The quantitative estimate of drug-likeness (QED) is 0.854. The van der Waals surface area contributed by atoms with E-state index in [4.69, 9.17) is 4.74 Å². The minimum atomic E-state index is -0.749. The molecule has 2 N–H and O–H groups in total. The van der Waals surface area contributed by atoms with Crippen molar-refractivity contribution in [3.05, 3.63) is 36.0 Å². The minimum absolute atomic E-state index is 0.165. The zero-order valence-corrected chi connectivity index (χ0v) is 10.6. The van der Waals surface area contributed by atoms with Crippen molar-refractivity contribution in [2.75, 3.05) is 6.61 Å². The number of aliphatic hydroxyl groups is 1. The van der Waals surface area contributed by atoms with Crippen LogP contribution in [0.25, 0.3) is 10.9 Å². The predicted octanol–water partition coefficient (Wildman–Crippen LogP) is 2.94.